The van der Waals surface area contributed by atoms with Crippen molar-refractivity contribution in [1.82, 2.24) is 0 Å². The lowest BCUT2D eigenvalue weighted by Crippen LogP contribution is -2.30. The molecule has 0 aromatic rings. The summed E-state index contributed by atoms with van der Waals surface area (Å²) in [7, 11) is 0. The van der Waals surface area contributed by atoms with Crippen LogP contribution in [-0.2, 0) is 28.6 Å². The van der Waals surface area contributed by atoms with E-state index in [-0.39, 0.29) is 37.5 Å². The van der Waals surface area contributed by atoms with Crippen LogP contribution in [0.3, 0.4) is 0 Å². The van der Waals surface area contributed by atoms with Crippen LogP contribution in [0.2, 0.25) is 0 Å². The molecule has 1 atom stereocenters. The van der Waals surface area contributed by atoms with E-state index in [9.17, 15) is 14.4 Å². The summed E-state index contributed by atoms with van der Waals surface area (Å²) in [5, 5.41) is 0. The first-order chi connectivity index (χ1) is 31.0. The molecule has 0 bridgehead atoms. The largest absolute Gasteiger partial charge is 0.462 e. The predicted octanol–water partition coefficient (Wildman–Crippen LogP) is 16.5. The Kier molecular flexibility index (Phi) is 47.1. The lowest BCUT2D eigenvalue weighted by atomic mass is 10.1. The molecule has 0 aliphatic heterocycles. The van der Waals surface area contributed by atoms with Gasteiger partial charge in [0, 0.05) is 19.3 Å². The van der Waals surface area contributed by atoms with Crippen LogP contribution in [0.5, 0.6) is 0 Å². The highest BCUT2D eigenvalue weighted by molar-refractivity contribution is 5.71. The lowest BCUT2D eigenvalue weighted by molar-refractivity contribution is -0.167. The van der Waals surface area contributed by atoms with Crippen LogP contribution in [-0.4, -0.2) is 37.2 Å². The Morgan fingerprint density at radius 1 is 0.349 bits per heavy atom. The van der Waals surface area contributed by atoms with Gasteiger partial charge in [0.05, 0.1) is 0 Å². The highest BCUT2D eigenvalue weighted by atomic mass is 16.6. The third-order valence-electron chi connectivity index (χ3n) is 10.0. The van der Waals surface area contributed by atoms with Gasteiger partial charge in [-0.25, -0.2) is 0 Å². The molecule has 6 nitrogen and oxygen atoms in total. The number of hydrogen-bond donors (Lipinski definition) is 0. The average Bonchev–Trinajstić information content (AvgIpc) is 3.28. The molecule has 0 aromatic carbocycles. The van der Waals surface area contributed by atoms with Crippen LogP contribution < -0.4 is 0 Å². The highest BCUT2D eigenvalue weighted by Crippen LogP contribution is 2.12. The Bertz CT molecular complexity index is 1370. The molecule has 0 rings (SSSR count). The topological polar surface area (TPSA) is 78.9 Å². The standard InChI is InChI=1S/C57H90O6/c1-4-7-10-13-16-19-22-24-26-27-28-29-31-32-35-38-41-44-47-50-56(59)62-53-54(52-61-55(58)49-46-43-40-37-34-21-18-15-12-9-6-3)63-57(60)51-48-45-42-39-36-33-30-25-23-20-17-14-11-8-5-2/h7-8,10-11,14-20,23-26,28-30,32,35,54H,4-6,9,12-13,21-22,27,31,33-34,36-53H2,1-3H3/b10-7-,11-8-,17-14-,18-15-,19-16-,23-20-,26-24-,29-28-,30-25-,35-32-. The fraction of sp³-hybridized carbons (Fsp3) is 0.596. The van der Waals surface area contributed by atoms with Gasteiger partial charge in [0.1, 0.15) is 13.2 Å². The molecule has 0 aliphatic rings. The SMILES string of the molecule is CC\C=C/C=C\C=C/C=C\CCCCCCCC(=O)OC(COC(=O)CCCCC/C=C\C/C=C\C/C=C\C/C=C\C/C=C\CC)COC(=O)CCCCCCC/C=C\CCCC. The zero-order valence-corrected chi connectivity index (χ0v) is 40.3. The second kappa shape index (κ2) is 50.5. The molecule has 0 aromatic heterocycles. The van der Waals surface area contributed by atoms with Gasteiger partial charge in [-0.3, -0.25) is 14.4 Å². The number of ether oxygens (including phenoxy) is 3. The third-order valence-corrected chi connectivity index (χ3v) is 10.0. The summed E-state index contributed by atoms with van der Waals surface area (Å²) in [6, 6.07) is 0. The molecule has 0 N–H and O–H groups in total. The number of carbonyl (C=O) groups excluding carboxylic acids is 3. The van der Waals surface area contributed by atoms with E-state index < -0.39 is 6.10 Å². The van der Waals surface area contributed by atoms with Crippen molar-refractivity contribution in [3.8, 4) is 0 Å². The minimum absolute atomic E-state index is 0.107. The molecule has 0 aliphatic carbocycles. The first kappa shape index (κ1) is 58.8. The van der Waals surface area contributed by atoms with Gasteiger partial charge in [0.25, 0.3) is 0 Å². The van der Waals surface area contributed by atoms with Crippen LogP contribution in [0, 0.1) is 0 Å². The van der Waals surface area contributed by atoms with Crippen molar-refractivity contribution in [3.05, 3.63) is 122 Å². The van der Waals surface area contributed by atoms with Crippen LogP contribution in [0.4, 0.5) is 0 Å². The maximum Gasteiger partial charge on any atom is 0.306 e. The fourth-order valence-corrected chi connectivity index (χ4v) is 6.28. The van der Waals surface area contributed by atoms with E-state index in [1.807, 2.05) is 24.3 Å². The number of rotatable bonds is 43. The summed E-state index contributed by atoms with van der Waals surface area (Å²) in [6.45, 7) is 6.27. The van der Waals surface area contributed by atoms with E-state index in [4.69, 9.17) is 14.2 Å². The Balaban J connectivity index is 4.50. The van der Waals surface area contributed by atoms with Gasteiger partial charge in [0.2, 0.25) is 0 Å². The van der Waals surface area contributed by atoms with E-state index in [0.29, 0.717) is 12.8 Å². The number of esters is 3. The maximum absolute atomic E-state index is 12.8. The molecule has 0 saturated heterocycles. The number of allylic oxidation sites excluding steroid dienone is 20. The third kappa shape index (κ3) is 48.7. The predicted molar refractivity (Wildman–Crippen MR) is 269 cm³/mol. The molecule has 63 heavy (non-hydrogen) atoms. The lowest BCUT2D eigenvalue weighted by Gasteiger charge is -2.18. The number of unbranched alkanes of at least 4 members (excludes halogenated alkanes) is 15. The molecule has 0 amide bonds. The van der Waals surface area contributed by atoms with E-state index in [1.165, 1.54) is 25.7 Å². The minimum atomic E-state index is -0.810. The Labute approximate surface area is 386 Å². The van der Waals surface area contributed by atoms with E-state index in [1.54, 1.807) is 0 Å². The van der Waals surface area contributed by atoms with Gasteiger partial charge in [-0.2, -0.15) is 0 Å². The monoisotopic (exact) mass is 871 g/mol. The summed E-state index contributed by atoms with van der Waals surface area (Å²) in [5.41, 5.74) is 0. The maximum atomic E-state index is 12.8. The smallest absolute Gasteiger partial charge is 0.306 e. The molecule has 6 heteroatoms. The molecular formula is C57H90O6. The van der Waals surface area contributed by atoms with Crippen LogP contribution in [0.15, 0.2) is 122 Å². The number of carbonyl (C=O) groups is 3. The second-order valence-corrected chi connectivity index (χ2v) is 16.0. The van der Waals surface area contributed by atoms with Crippen LogP contribution in [0.1, 0.15) is 201 Å². The van der Waals surface area contributed by atoms with Crippen molar-refractivity contribution < 1.29 is 28.6 Å². The van der Waals surface area contributed by atoms with Crippen molar-refractivity contribution in [2.75, 3.05) is 13.2 Å². The average molecular weight is 871 g/mol. The second-order valence-electron chi connectivity index (χ2n) is 16.0. The molecular weight excluding hydrogens is 781 g/mol. The van der Waals surface area contributed by atoms with Crippen molar-refractivity contribution in [2.24, 2.45) is 0 Å². The van der Waals surface area contributed by atoms with Gasteiger partial charge in [-0.05, 0) is 103 Å². The van der Waals surface area contributed by atoms with Crippen molar-refractivity contribution in [2.45, 2.75) is 207 Å². The van der Waals surface area contributed by atoms with Crippen molar-refractivity contribution in [3.63, 3.8) is 0 Å². The summed E-state index contributed by atoms with van der Waals surface area (Å²) < 4.78 is 16.7. The van der Waals surface area contributed by atoms with Gasteiger partial charge in [-0.1, -0.05) is 200 Å². The van der Waals surface area contributed by atoms with Gasteiger partial charge >= 0.3 is 17.9 Å². The Morgan fingerprint density at radius 3 is 1.19 bits per heavy atom. The molecule has 354 valence electrons. The van der Waals surface area contributed by atoms with Gasteiger partial charge in [-0.15, -0.1) is 0 Å². The molecule has 0 heterocycles. The molecule has 0 spiro atoms. The summed E-state index contributed by atoms with van der Waals surface area (Å²) in [4.78, 5) is 37.9. The molecule has 1 unspecified atom stereocenters. The summed E-state index contributed by atoms with van der Waals surface area (Å²) in [5.74, 6) is -0.983. The van der Waals surface area contributed by atoms with Crippen LogP contribution >= 0.6 is 0 Å². The van der Waals surface area contributed by atoms with Gasteiger partial charge in [0.15, 0.2) is 6.10 Å². The normalized spacial score (nSPS) is 13.1. The highest BCUT2D eigenvalue weighted by Gasteiger charge is 2.19. The summed E-state index contributed by atoms with van der Waals surface area (Å²) in [6.07, 6.45) is 68.9. The number of hydrogen-bond acceptors (Lipinski definition) is 6. The first-order valence-electron chi connectivity index (χ1n) is 25.1. The quantitative estimate of drug-likeness (QED) is 0.0200. The molecule has 0 fully saturated rings. The Morgan fingerprint density at radius 2 is 0.698 bits per heavy atom. The minimum Gasteiger partial charge on any atom is -0.462 e. The zero-order valence-electron chi connectivity index (χ0n) is 40.3. The van der Waals surface area contributed by atoms with Gasteiger partial charge < -0.3 is 14.2 Å². The fourth-order valence-electron chi connectivity index (χ4n) is 6.28. The van der Waals surface area contributed by atoms with E-state index in [2.05, 4.69) is 118 Å². The van der Waals surface area contributed by atoms with Crippen molar-refractivity contribution in [1.29, 1.82) is 0 Å². The zero-order chi connectivity index (χ0) is 45.8. The van der Waals surface area contributed by atoms with E-state index >= 15 is 0 Å². The van der Waals surface area contributed by atoms with Crippen LogP contribution in [0.25, 0.3) is 0 Å². The first-order valence-corrected chi connectivity index (χ1v) is 25.1. The molecule has 0 radical (unpaired) electrons. The Hall–Kier alpha value is -4.19. The van der Waals surface area contributed by atoms with Crippen molar-refractivity contribution >= 4 is 17.9 Å². The summed E-state index contributed by atoms with van der Waals surface area (Å²) >= 11 is 0. The molecule has 0 saturated carbocycles. The van der Waals surface area contributed by atoms with E-state index in [0.717, 1.165) is 135 Å².